The molecule has 3 nitrogen and oxygen atoms in total. The first-order valence-electron chi connectivity index (χ1n) is 3.92. The molecular weight excluding hydrogens is 144 g/mol. The van der Waals surface area contributed by atoms with Gasteiger partial charge in [-0.05, 0) is 5.92 Å². The summed E-state index contributed by atoms with van der Waals surface area (Å²) in [6, 6.07) is 0. The van der Waals surface area contributed by atoms with Crippen molar-refractivity contribution in [3.8, 4) is 0 Å². The van der Waals surface area contributed by atoms with Crippen LogP contribution in [0.15, 0.2) is 0 Å². The fraction of sp³-hybridized carbons (Fsp3) is 1.00. The highest BCUT2D eigenvalue weighted by Crippen LogP contribution is 2.35. The van der Waals surface area contributed by atoms with E-state index in [1.165, 1.54) is 0 Å². The molecule has 0 aromatic carbocycles. The zero-order valence-electron chi connectivity index (χ0n) is 7.42. The molecule has 0 spiro atoms. The molecule has 0 amide bonds. The molecule has 0 bridgehead atoms. The second kappa shape index (κ2) is 3.52. The third kappa shape index (κ3) is 2.15. The van der Waals surface area contributed by atoms with Crippen LogP contribution in [0.5, 0.6) is 0 Å². The minimum atomic E-state index is -0.00146. The van der Waals surface area contributed by atoms with E-state index < -0.39 is 0 Å². The summed E-state index contributed by atoms with van der Waals surface area (Å²) in [6.07, 6.45) is 0. The van der Waals surface area contributed by atoms with E-state index in [9.17, 15) is 0 Å². The van der Waals surface area contributed by atoms with Crippen LogP contribution in [-0.4, -0.2) is 32.7 Å². The van der Waals surface area contributed by atoms with Crippen LogP contribution < -0.4 is 0 Å². The molecule has 11 heavy (non-hydrogen) atoms. The Balaban J connectivity index is 2.14. The molecule has 0 aromatic rings. The molecule has 1 rings (SSSR count). The number of hydrogen-bond acceptors (Lipinski definition) is 3. The van der Waals surface area contributed by atoms with Crippen molar-refractivity contribution in [2.24, 2.45) is 5.92 Å². The smallest absolute Gasteiger partial charge is 0.146 e. The Morgan fingerprint density at radius 1 is 1.55 bits per heavy atom. The van der Waals surface area contributed by atoms with Gasteiger partial charge in [0.05, 0.1) is 13.2 Å². The Bertz CT molecular complexity index is 119. The van der Waals surface area contributed by atoms with Crippen molar-refractivity contribution in [2.45, 2.75) is 19.4 Å². The lowest BCUT2D eigenvalue weighted by Crippen LogP contribution is -2.26. The third-order valence-electron chi connectivity index (χ3n) is 2.11. The monoisotopic (exact) mass is 160 g/mol. The summed E-state index contributed by atoms with van der Waals surface area (Å²) in [5.41, 5.74) is -0.00146. The normalized spacial score (nSPS) is 29.5. The van der Waals surface area contributed by atoms with E-state index in [-0.39, 0.29) is 5.60 Å². The van der Waals surface area contributed by atoms with Crippen molar-refractivity contribution in [3.05, 3.63) is 0 Å². The fourth-order valence-corrected chi connectivity index (χ4v) is 0.974. The van der Waals surface area contributed by atoms with Crippen LogP contribution in [0.1, 0.15) is 13.8 Å². The van der Waals surface area contributed by atoms with Crippen LogP contribution in [0.25, 0.3) is 0 Å². The van der Waals surface area contributed by atoms with Gasteiger partial charge in [0.1, 0.15) is 12.4 Å². The summed E-state index contributed by atoms with van der Waals surface area (Å²) < 4.78 is 15.3. The zero-order valence-corrected chi connectivity index (χ0v) is 7.42. The number of epoxide rings is 1. The van der Waals surface area contributed by atoms with E-state index in [2.05, 4.69) is 13.8 Å². The lowest BCUT2D eigenvalue weighted by Gasteiger charge is -2.15. The first-order valence-corrected chi connectivity index (χ1v) is 3.92. The number of rotatable bonds is 5. The predicted molar refractivity (Wildman–Crippen MR) is 41.3 cm³/mol. The maximum atomic E-state index is 5.32. The van der Waals surface area contributed by atoms with Crippen LogP contribution in [0, 0.1) is 5.92 Å². The third-order valence-corrected chi connectivity index (χ3v) is 2.11. The van der Waals surface area contributed by atoms with Gasteiger partial charge in [-0.25, -0.2) is 0 Å². The van der Waals surface area contributed by atoms with Gasteiger partial charge in [-0.1, -0.05) is 13.8 Å². The summed E-state index contributed by atoms with van der Waals surface area (Å²) in [5, 5.41) is 0. The van der Waals surface area contributed by atoms with Crippen LogP contribution in [0.4, 0.5) is 0 Å². The van der Waals surface area contributed by atoms with Crippen molar-refractivity contribution >= 4 is 0 Å². The van der Waals surface area contributed by atoms with Gasteiger partial charge in [0, 0.05) is 7.11 Å². The van der Waals surface area contributed by atoms with Crippen molar-refractivity contribution in [1.29, 1.82) is 0 Å². The summed E-state index contributed by atoms with van der Waals surface area (Å²) in [7, 11) is 1.62. The molecule has 0 aromatic heterocycles. The van der Waals surface area contributed by atoms with E-state index in [0.29, 0.717) is 19.3 Å². The van der Waals surface area contributed by atoms with E-state index in [4.69, 9.17) is 14.2 Å². The van der Waals surface area contributed by atoms with Crippen LogP contribution in [0.3, 0.4) is 0 Å². The topological polar surface area (TPSA) is 31.0 Å². The summed E-state index contributed by atoms with van der Waals surface area (Å²) in [5.74, 6) is 0.527. The molecule has 0 N–H and O–H groups in total. The van der Waals surface area contributed by atoms with Gasteiger partial charge in [-0.15, -0.1) is 0 Å². The molecule has 3 heteroatoms. The van der Waals surface area contributed by atoms with Gasteiger partial charge in [-0.2, -0.15) is 0 Å². The second-order valence-electron chi connectivity index (χ2n) is 3.26. The minimum absolute atomic E-state index is 0.00146. The van der Waals surface area contributed by atoms with Crippen molar-refractivity contribution in [2.75, 3.05) is 27.1 Å². The zero-order chi connectivity index (χ0) is 8.32. The molecule has 0 radical (unpaired) electrons. The average molecular weight is 160 g/mol. The van der Waals surface area contributed by atoms with Gasteiger partial charge in [0.2, 0.25) is 0 Å². The average Bonchev–Trinajstić information content (AvgIpc) is 2.70. The molecule has 1 aliphatic heterocycles. The lowest BCUT2D eigenvalue weighted by molar-refractivity contribution is -0.0546. The summed E-state index contributed by atoms with van der Waals surface area (Å²) >= 11 is 0. The number of methoxy groups -OCH3 is 1. The van der Waals surface area contributed by atoms with Crippen LogP contribution >= 0.6 is 0 Å². The highest BCUT2D eigenvalue weighted by molar-refractivity contribution is 4.94. The molecule has 1 saturated heterocycles. The van der Waals surface area contributed by atoms with Gasteiger partial charge >= 0.3 is 0 Å². The molecule has 66 valence electrons. The van der Waals surface area contributed by atoms with Crippen molar-refractivity contribution in [3.63, 3.8) is 0 Å². The Labute approximate surface area is 67.6 Å². The summed E-state index contributed by atoms with van der Waals surface area (Å²) in [6.45, 7) is 6.12. The minimum Gasteiger partial charge on any atom is -0.367 e. The predicted octanol–water partition coefficient (Wildman–Crippen LogP) is 1.03. The lowest BCUT2D eigenvalue weighted by atomic mass is 9.98. The van der Waals surface area contributed by atoms with Gasteiger partial charge in [0.15, 0.2) is 0 Å². The van der Waals surface area contributed by atoms with Crippen LogP contribution in [0.2, 0.25) is 0 Å². The largest absolute Gasteiger partial charge is 0.367 e. The number of ether oxygens (including phenoxy) is 3. The van der Waals surface area contributed by atoms with E-state index >= 15 is 0 Å². The molecule has 1 fully saturated rings. The first-order chi connectivity index (χ1) is 5.21. The SMILES string of the molecule is COCOCC1(C(C)C)CO1. The maximum absolute atomic E-state index is 5.32. The maximum Gasteiger partial charge on any atom is 0.146 e. The Hall–Kier alpha value is -0.120. The first kappa shape index (κ1) is 8.97. The van der Waals surface area contributed by atoms with Crippen molar-refractivity contribution < 1.29 is 14.2 Å². The molecule has 1 atom stereocenters. The van der Waals surface area contributed by atoms with Gasteiger partial charge in [0.25, 0.3) is 0 Å². The van der Waals surface area contributed by atoms with Gasteiger partial charge < -0.3 is 14.2 Å². The Morgan fingerprint density at radius 2 is 2.18 bits per heavy atom. The molecule has 1 unspecified atom stereocenters. The standard InChI is InChI=1S/C8H16O3/c1-7(2)8(5-11-8)4-10-6-9-3/h7H,4-6H2,1-3H3. The highest BCUT2D eigenvalue weighted by atomic mass is 16.7. The van der Waals surface area contributed by atoms with Gasteiger partial charge in [-0.3, -0.25) is 0 Å². The summed E-state index contributed by atoms with van der Waals surface area (Å²) in [4.78, 5) is 0. The second-order valence-corrected chi connectivity index (χ2v) is 3.26. The number of hydrogen-bond donors (Lipinski definition) is 0. The molecule has 1 heterocycles. The van der Waals surface area contributed by atoms with E-state index in [1.54, 1.807) is 7.11 Å². The van der Waals surface area contributed by atoms with E-state index in [1.807, 2.05) is 0 Å². The highest BCUT2D eigenvalue weighted by Gasteiger charge is 2.47. The molecule has 0 aliphatic carbocycles. The Morgan fingerprint density at radius 3 is 2.55 bits per heavy atom. The van der Waals surface area contributed by atoms with Crippen LogP contribution in [-0.2, 0) is 14.2 Å². The molecule has 0 saturated carbocycles. The molecule has 1 aliphatic rings. The Kier molecular flexibility index (Phi) is 2.87. The van der Waals surface area contributed by atoms with E-state index in [0.717, 1.165) is 6.61 Å². The molecular formula is C8H16O3. The quantitative estimate of drug-likeness (QED) is 0.342. The van der Waals surface area contributed by atoms with Crippen molar-refractivity contribution in [1.82, 2.24) is 0 Å². The fourth-order valence-electron chi connectivity index (χ4n) is 0.974.